The molecule has 0 radical (unpaired) electrons. The number of anilines is 1. The second kappa shape index (κ2) is 10.1. The first kappa shape index (κ1) is 27.4. The predicted molar refractivity (Wildman–Crippen MR) is 158 cm³/mol. The van der Waals surface area contributed by atoms with Gasteiger partial charge in [-0.1, -0.05) is 44.2 Å². The van der Waals surface area contributed by atoms with Crippen molar-refractivity contribution in [3.05, 3.63) is 88.0 Å². The number of carbonyl (C=O) groups excluding carboxylic acids is 2. The SMILES string of the molecule is CCOc1ccc(/C(O)=C2\C(=O)C(=O)N(c3nc4cc(C)c(C)cc4s3)C2c2ccc(O)cc2)cc1C(C)(C)C. The van der Waals surface area contributed by atoms with E-state index in [1.165, 1.54) is 28.4 Å². The van der Waals surface area contributed by atoms with Gasteiger partial charge in [0.1, 0.15) is 17.3 Å². The van der Waals surface area contributed by atoms with Crippen LogP contribution in [-0.2, 0) is 15.0 Å². The number of aromatic hydroxyl groups is 1. The lowest BCUT2D eigenvalue weighted by Gasteiger charge is -2.25. The lowest BCUT2D eigenvalue weighted by Crippen LogP contribution is -2.29. The number of hydrogen-bond acceptors (Lipinski definition) is 7. The number of aryl methyl sites for hydroxylation is 2. The summed E-state index contributed by atoms with van der Waals surface area (Å²) in [6, 6.07) is 14.6. The number of ketones is 1. The molecule has 1 unspecified atom stereocenters. The second-order valence-corrected chi connectivity index (χ2v) is 12.1. The molecule has 0 spiro atoms. The summed E-state index contributed by atoms with van der Waals surface area (Å²) in [5.41, 5.74) is 4.41. The minimum absolute atomic E-state index is 0.0358. The summed E-state index contributed by atoms with van der Waals surface area (Å²) in [7, 11) is 0. The molecule has 40 heavy (non-hydrogen) atoms. The molecule has 1 aliphatic rings. The summed E-state index contributed by atoms with van der Waals surface area (Å²) in [5.74, 6) is -1.10. The summed E-state index contributed by atoms with van der Waals surface area (Å²) in [6.07, 6.45) is 0. The number of aliphatic hydroxyl groups is 1. The van der Waals surface area contributed by atoms with Crippen molar-refractivity contribution in [3.63, 3.8) is 0 Å². The van der Waals surface area contributed by atoms with Crippen LogP contribution in [0, 0.1) is 13.8 Å². The van der Waals surface area contributed by atoms with Crippen molar-refractivity contribution < 1.29 is 24.5 Å². The van der Waals surface area contributed by atoms with Gasteiger partial charge in [-0.3, -0.25) is 14.5 Å². The number of aliphatic hydroxyl groups excluding tert-OH is 1. The van der Waals surface area contributed by atoms with Crippen LogP contribution in [0.5, 0.6) is 11.5 Å². The van der Waals surface area contributed by atoms with Crippen LogP contribution in [0.1, 0.15) is 61.6 Å². The number of phenolic OH excluding ortho intramolecular Hbond substituents is 1. The summed E-state index contributed by atoms with van der Waals surface area (Å²) in [5, 5.41) is 22.0. The number of amides is 1. The predicted octanol–water partition coefficient (Wildman–Crippen LogP) is 6.94. The lowest BCUT2D eigenvalue weighted by molar-refractivity contribution is -0.132. The third-order valence-electron chi connectivity index (χ3n) is 7.21. The van der Waals surface area contributed by atoms with Gasteiger partial charge >= 0.3 is 5.91 Å². The minimum Gasteiger partial charge on any atom is -0.508 e. The first-order valence-corrected chi connectivity index (χ1v) is 14.0. The Morgan fingerprint density at radius 2 is 1.70 bits per heavy atom. The zero-order valence-electron chi connectivity index (χ0n) is 23.4. The number of aromatic nitrogens is 1. The summed E-state index contributed by atoms with van der Waals surface area (Å²) in [6.45, 7) is 12.5. The number of nitrogens with zero attached hydrogens (tertiary/aromatic N) is 2. The van der Waals surface area contributed by atoms with Gasteiger partial charge in [0.05, 0.1) is 28.4 Å². The summed E-state index contributed by atoms with van der Waals surface area (Å²) < 4.78 is 6.72. The number of carbonyl (C=O) groups is 2. The molecule has 0 saturated carbocycles. The molecule has 1 aliphatic heterocycles. The van der Waals surface area contributed by atoms with E-state index in [2.05, 4.69) is 0 Å². The van der Waals surface area contributed by atoms with Crippen LogP contribution in [0.15, 0.2) is 60.2 Å². The molecule has 1 atom stereocenters. The molecule has 7 nitrogen and oxygen atoms in total. The molecule has 3 aromatic carbocycles. The van der Waals surface area contributed by atoms with Gasteiger partial charge in [-0.05, 0) is 85.3 Å². The van der Waals surface area contributed by atoms with E-state index >= 15 is 0 Å². The fourth-order valence-electron chi connectivity index (χ4n) is 4.97. The van der Waals surface area contributed by atoms with E-state index in [1.807, 2.05) is 59.7 Å². The topological polar surface area (TPSA) is 100.0 Å². The number of ether oxygens (including phenoxy) is 1. The Morgan fingerprint density at radius 1 is 1.02 bits per heavy atom. The quantitative estimate of drug-likeness (QED) is 0.157. The van der Waals surface area contributed by atoms with E-state index < -0.39 is 17.7 Å². The zero-order chi connectivity index (χ0) is 28.9. The molecule has 8 heteroatoms. The third-order valence-corrected chi connectivity index (χ3v) is 8.23. The highest BCUT2D eigenvalue weighted by Gasteiger charge is 2.48. The Balaban J connectivity index is 1.72. The van der Waals surface area contributed by atoms with Crippen LogP contribution in [0.25, 0.3) is 16.0 Å². The Bertz CT molecular complexity index is 1640. The van der Waals surface area contributed by atoms with Crippen molar-refractivity contribution in [1.82, 2.24) is 4.98 Å². The van der Waals surface area contributed by atoms with Crippen molar-refractivity contribution in [1.29, 1.82) is 0 Å². The maximum atomic E-state index is 13.6. The molecule has 0 aliphatic carbocycles. The number of hydrogen-bond donors (Lipinski definition) is 2. The maximum absolute atomic E-state index is 13.6. The van der Waals surface area contributed by atoms with Gasteiger partial charge in [0.2, 0.25) is 0 Å². The first-order chi connectivity index (χ1) is 18.9. The van der Waals surface area contributed by atoms with Gasteiger partial charge in [0, 0.05) is 11.1 Å². The van der Waals surface area contributed by atoms with Crippen LogP contribution in [0.2, 0.25) is 0 Å². The van der Waals surface area contributed by atoms with Crippen molar-refractivity contribution in [2.24, 2.45) is 0 Å². The van der Waals surface area contributed by atoms with Gasteiger partial charge in [-0.15, -0.1) is 0 Å². The number of rotatable bonds is 5. The van der Waals surface area contributed by atoms with Crippen molar-refractivity contribution >= 4 is 44.1 Å². The fourth-order valence-corrected chi connectivity index (χ4v) is 6.05. The van der Waals surface area contributed by atoms with E-state index in [9.17, 15) is 19.8 Å². The molecule has 4 aromatic rings. The van der Waals surface area contributed by atoms with Crippen LogP contribution in [-0.4, -0.2) is 33.5 Å². The highest BCUT2D eigenvalue weighted by molar-refractivity contribution is 7.22. The molecule has 1 fully saturated rings. The van der Waals surface area contributed by atoms with Gasteiger partial charge in [-0.25, -0.2) is 4.98 Å². The number of Topliss-reactive ketones (excluding diaryl/α,β-unsaturated/α-hetero) is 1. The first-order valence-electron chi connectivity index (χ1n) is 13.2. The van der Waals surface area contributed by atoms with E-state index in [0.29, 0.717) is 28.6 Å². The van der Waals surface area contributed by atoms with Gasteiger partial charge in [0.15, 0.2) is 5.13 Å². The molecule has 1 saturated heterocycles. The molecule has 5 rings (SSSR count). The third kappa shape index (κ3) is 4.73. The molecular weight excluding hydrogens is 524 g/mol. The monoisotopic (exact) mass is 556 g/mol. The Hall–Kier alpha value is -4.17. The largest absolute Gasteiger partial charge is 0.508 e. The average molecular weight is 557 g/mol. The fraction of sp³-hybridized carbons (Fsp3) is 0.281. The smallest absolute Gasteiger partial charge is 0.301 e. The standard InChI is InChI=1S/C32H32N2O5S/c1-7-39-24-13-10-20(16-22(24)32(4,5)6)28(36)26-27(19-8-11-21(35)12-9-19)34(30(38)29(26)37)31-33-23-14-17(2)18(3)15-25(23)40-31/h8-16,27,35-36H,7H2,1-6H3/b28-26+. The minimum atomic E-state index is -0.937. The highest BCUT2D eigenvalue weighted by Crippen LogP contribution is 2.45. The maximum Gasteiger partial charge on any atom is 0.301 e. The van der Waals surface area contributed by atoms with E-state index in [1.54, 1.807) is 24.3 Å². The number of benzene rings is 3. The van der Waals surface area contributed by atoms with Crippen molar-refractivity contribution in [2.75, 3.05) is 11.5 Å². The lowest BCUT2D eigenvalue weighted by atomic mass is 9.84. The van der Waals surface area contributed by atoms with Crippen LogP contribution in [0.3, 0.4) is 0 Å². The van der Waals surface area contributed by atoms with Crippen LogP contribution < -0.4 is 9.64 Å². The van der Waals surface area contributed by atoms with E-state index in [4.69, 9.17) is 9.72 Å². The molecule has 1 aromatic heterocycles. The molecule has 0 bridgehead atoms. The van der Waals surface area contributed by atoms with E-state index in [-0.39, 0.29) is 22.5 Å². The van der Waals surface area contributed by atoms with Gasteiger partial charge in [-0.2, -0.15) is 0 Å². The van der Waals surface area contributed by atoms with Crippen LogP contribution in [0.4, 0.5) is 5.13 Å². The summed E-state index contributed by atoms with van der Waals surface area (Å²) >= 11 is 1.32. The molecule has 206 valence electrons. The van der Waals surface area contributed by atoms with Crippen LogP contribution >= 0.6 is 11.3 Å². The highest BCUT2D eigenvalue weighted by atomic mass is 32.1. The van der Waals surface area contributed by atoms with Gasteiger partial charge in [0.25, 0.3) is 5.78 Å². The second-order valence-electron chi connectivity index (χ2n) is 11.1. The van der Waals surface area contributed by atoms with Gasteiger partial charge < -0.3 is 14.9 Å². The number of phenols is 1. The molecule has 2 heterocycles. The molecule has 1 amide bonds. The van der Waals surface area contributed by atoms with Crippen molar-refractivity contribution in [3.8, 4) is 11.5 Å². The zero-order valence-corrected chi connectivity index (χ0v) is 24.2. The Labute approximate surface area is 237 Å². The number of thiazole rings is 1. The van der Waals surface area contributed by atoms with E-state index in [0.717, 1.165) is 26.9 Å². The Kier molecular flexibility index (Phi) is 6.92. The normalized spacial score (nSPS) is 17.1. The molecular formula is C32H32N2O5S. The average Bonchev–Trinajstić information content (AvgIpc) is 3.41. The summed E-state index contributed by atoms with van der Waals surface area (Å²) in [4.78, 5) is 33.3. The van der Waals surface area contributed by atoms with Crippen molar-refractivity contribution in [2.45, 2.75) is 53.0 Å². The molecule has 2 N–H and O–H groups in total. The Morgan fingerprint density at radius 3 is 2.35 bits per heavy atom. The number of fused-ring (bicyclic) bond motifs is 1.